The molecular weight excluding hydrogens is 458 g/mol. The minimum atomic E-state index is -0.801. The molecule has 1 heterocycles. The number of benzene rings is 3. The number of anilines is 1. The van der Waals surface area contributed by atoms with Gasteiger partial charge in [0, 0.05) is 15.7 Å². The molecule has 0 bridgehead atoms. The number of ether oxygens (including phenoxy) is 1. The van der Waals surface area contributed by atoms with Gasteiger partial charge in [-0.25, -0.2) is 0 Å². The van der Waals surface area contributed by atoms with Gasteiger partial charge in [0.05, 0.1) is 18.7 Å². The molecule has 3 aromatic rings. The Morgan fingerprint density at radius 1 is 1.00 bits per heavy atom. The summed E-state index contributed by atoms with van der Waals surface area (Å²) in [6, 6.07) is 20.6. The lowest BCUT2D eigenvalue weighted by Crippen LogP contribution is -2.29. The Kier molecular flexibility index (Phi) is 5.65. The summed E-state index contributed by atoms with van der Waals surface area (Å²) in [5.74, 6) is -1.04. The van der Waals surface area contributed by atoms with Crippen LogP contribution in [0.15, 0.2) is 82.8 Å². The summed E-state index contributed by atoms with van der Waals surface area (Å²) in [6.45, 7) is 1.94. The number of halogens is 1. The lowest BCUT2D eigenvalue weighted by Gasteiger charge is -2.26. The number of carbonyl (C=O) groups excluding carboxylic acids is 2. The molecule has 6 heteroatoms. The Labute approximate surface area is 188 Å². The van der Waals surface area contributed by atoms with Crippen LogP contribution < -0.4 is 9.64 Å². The van der Waals surface area contributed by atoms with Gasteiger partial charge in [-0.05, 0) is 42.3 Å². The summed E-state index contributed by atoms with van der Waals surface area (Å²) >= 11 is 3.50. The van der Waals surface area contributed by atoms with Crippen LogP contribution >= 0.6 is 15.9 Å². The normalized spacial score (nSPS) is 17.8. The predicted molar refractivity (Wildman–Crippen MR) is 123 cm³/mol. The van der Waals surface area contributed by atoms with E-state index in [1.807, 2.05) is 25.1 Å². The van der Waals surface area contributed by atoms with Crippen LogP contribution in [0.4, 0.5) is 5.69 Å². The number of ketones is 1. The van der Waals surface area contributed by atoms with Crippen molar-refractivity contribution in [2.75, 3.05) is 12.0 Å². The Morgan fingerprint density at radius 3 is 2.42 bits per heavy atom. The van der Waals surface area contributed by atoms with Crippen LogP contribution in [-0.2, 0) is 9.59 Å². The van der Waals surface area contributed by atoms with Gasteiger partial charge in [-0.1, -0.05) is 64.5 Å². The molecule has 1 atom stereocenters. The maximum atomic E-state index is 13.2. The zero-order valence-electron chi connectivity index (χ0n) is 17.0. The van der Waals surface area contributed by atoms with Gasteiger partial charge >= 0.3 is 0 Å². The lowest BCUT2D eigenvalue weighted by molar-refractivity contribution is -0.132. The molecule has 31 heavy (non-hydrogen) atoms. The highest BCUT2D eigenvalue weighted by Crippen LogP contribution is 2.43. The van der Waals surface area contributed by atoms with Gasteiger partial charge in [0.1, 0.15) is 11.5 Å². The molecule has 1 saturated heterocycles. The highest BCUT2D eigenvalue weighted by atomic mass is 79.9. The average molecular weight is 478 g/mol. The van der Waals surface area contributed by atoms with Gasteiger partial charge in [0.2, 0.25) is 0 Å². The minimum Gasteiger partial charge on any atom is -0.507 e. The summed E-state index contributed by atoms with van der Waals surface area (Å²) in [5.41, 5.74) is 2.73. The van der Waals surface area contributed by atoms with Crippen molar-refractivity contribution >= 4 is 39.1 Å². The molecular formula is C25H20BrNO4. The number of aliphatic hydroxyl groups is 1. The number of aryl methyl sites for hydroxylation is 1. The Morgan fingerprint density at radius 2 is 1.74 bits per heavy atom. The van der Waals surface area contributed by atoms with Crippen molar-refractivity contribution in [1.82, 2.24) is 0 Å². The van der Waals surface area contributed by atoms with Crippen LogP contribution in [0.5, 0.6) is 5.75 Å². The standard InChI is InChI=1S/C25H20BrNO4/c1-15-11-12-18(14-20(15)26)27-22(17-9-6-10-19(13-17)31-2)21(24(29)25(27)30)23(28)16-7-4-3-5-8-16/h3-14,22,28H,1-2H3/b23-21-. The number of aliphatic hydroxyl groups excluding tert-OH is 1. The number of Topliss-reactive ketones (excluding diaryl/α,β-unsaturated/α-hetero) is 1. The smallest absolute Gasteiger partial charge is 0.300 e. The van der Waals surface area contributed by atoms with Crippen LogP contribution in [0.25, 0.3) is 5.76 Å². The second-order valence-electron chi connectivity index (χ2n) is 7.25. The number of hydrogen-bond acceptors (Lipinski definition) is 4. The number of amides is 1. The van der Waals surface area contributed by atoms with E-state index >= 15 is 0 Å². The van der Waals surface area contributed by atoms with Crippen molar-refractivity contribution in [1.29, 1.82) is 0 Å². The third kappa shape index (κ3) is 3.75. The largest absolute Gasteiger partial charge is 0.507 e. The Hall–Kier alpha value is -3.38. The molecule has 1 aliphatic rings. The fraction of sp³-hybridized carbons (Fsp3) is 0.120. The maximum Gasteiger partial charge on any atom is 0.300 e. The summed E-state index contributed by atoms with van der Waals surface area (Å²) in [6.07, 6.45) is 0. The Balaban J connectivity index is 1.97. The molecule has 3 aromatic carbocycles. The first-order valence-electron chi connectivity index (χ1n) is 9.69. The molecule has 1 N–H and O–H groups in total. The summed E-state index contributed by atoms with van der Waals surface area (Å²) in [4.78, 5) is 27.7. The highest BCUT2D eigenvalue weighted by Gasteiger charge is 2.47. The number of hydrogen-bond donors (Lipinski definition) is 1. The highest BCUT2D eigenvalue weighted by molar-refractivity contribution is 9.10. The number of nitrogens with zero attached hydrogens (tertiary/aromatic N) is 1. The van der Waals surface area contributed by atoms with E-state index in [1.54, 1.807) is 61.7 Å². The summed E-state index contributed by atoms with van der Waals surface area (Å²) < 4.78 is 6.17. The van der Waals surface area contributed by atoms with Crippen LogP contribution in [-0.4, -0.2) is 23.9 Å². The zero-order chi connectivity index (χ0) is 22.1. The first kappa shape index (κ1) is 20.9. The van der Waals surface area contributed by atoms with Crippen LogP contribution in [0.1, 0.15) is 22.7 Å². The molecule has 1 fully saturated rings. The molecule has 156 valence electrons. The van der Waals surface area contributed by atoms with E-state index in [-0.39, 0.29) is 11.3 Å². The molecule has 1 aliphatic heterocycles. The van der Waals surface area contributed by atoms with Crippen molar-refractivity contribution in [3.63, 3.8) is 0 Å². The van der Waals surface area contributed by atoms with Crippen LogP contribution in [0, 0.1) is 6.92 Å². The van der Waals surface area contributed by atoms with E-state index < -0.39 is 17.7 Å². The molecule has 0 aromatic heterocycles. The monoisotopic (exact) mass is 477 g/mol. The zero-order valence-corrected chi connectivity index (χ0v) is 18.6. The van der Waals surface area contributed by atoms with E-state index in [0.717, 1.165) is 10.0 Å². The summed E-state index contributed by atoms with van der Waals surface area (Å²) in [5, 5.41) is 11.1. The van der Waals surface area contributed by atoms with Gasteiger partial charge in [-0.2, -0.15) is 0 Å². The number of methoxy groups -OCH3 is 1. The van der Waals surface area contributed by atoms with Crippen molar-refractivity contribution in [3.05, 3.63) is 99.5 Å². The molecule has 0 saturated carbocycles. The third-order valence-corrected chi connectivity index (χ3v) is 6.19. The quantitative estimate of drug-likeness (QED) is 0.310. The molecule has 0 radical (unpaired) electrons. The SMILES string of the molecule is COc1cccc(C2/C(=C(/O)c3ccccc3)C(=O)C(=O)N2c2ccc(C)c(Br)c2)c1. The fourth-order valence-electron chi connectivity index (χ4n) is 3.71. The molecule has 0 aliphatic carbocycles. The van der Waals surface area contributed by atoms with Gasteiger partial charge in [0.25, 0.3) is 11.7 Å². The molecule has 0 spiro atoms. The van der Waals surface area contributed by atoms with Crippen molar-refractivity contribution in [3.8, 4) is 5.75 Å². The Bertz CT molecular complexity index is 1200. The van der Waals surface area contributed by atoms with Gasteiger partial charge in [-0.3, -0.25) is 14.5 Å². The second-order valence-corrected chi connectivity index (χ2v) is 8.10. The summed E-state index contributed by atoms with van der Waals surface area (Å²) in [7, 11) is 1.55. The van der Waals surface area contributed by atoms with E-state index in [1.165, 1.54) is 4.90 Å². The van der Waals surface area contributed by atoms with Crippen LogP contribution in [0.2, 0.25) is 0 Å². The average Bonchev–Trinajstić information content (AvgIpc) is 3.06. The van der Waals surface area contributed by atoms with E-state index in [9.17, 15) is 14.7 Å². The predicted octanol–water partition coefficient (Wildman–Crippen LogP) is 5.39. The molecule has 5 nitrogen and oxygen atoms in total. The van der Waals surface area contributed by atoms with E-state index in [0.29, 0.717) is 22.6 Å². The lowest BCUT2D eigenvalue weighted by atomic mass is 9.95. The van der Waals surface area contributed by atoms with Gasteiger partial charge in [0.15, 0.2) is 0 Å². The number of carbonyl (C=O) groups is 2. The second kappa shape index (κ2) is 8.40. The van der Waals surface area contributed by atoms with Crippen molar-refractivity contribution in [2.45, 2.75) is 13.0 Å². The van der Waals surface area contributed by atoms with Gasteiger partial charge < -0.3 is 9.84 Å². The van der Waals surface area contributed by atoms with E-state index in [4.69, 9.17) is 4.74 Å². The maximum absolute atomic E-state index is 13.2. The third-order valence-electron chi connectivity index (χ3n) is 5.33. The minimum absolute atomic E-state index is 0.0427. The fourth-order valence-corrected chi connectivity index (χ4v) is 4.08. The molecule has 4 rings (SSSR count). The van der Waals surface area contributed by atoms with Crippen molar-refractivity contribution < 1.29 is 19.4 Å². The van der Waals surface area contributed by atoms with E-state index in [2.05, 4.69) is 15.9 Å². The molecule has 1 unspecified atom stereocenters. The number of rotatable bonds is 4. The van der Waals surface area contributed by atoms with Crippen LogP contribution in [0.3, 0.4) is 0 Å². The van der Waals surface area contributed by atoms with Crippen molar-refractivity contribution in [2.24, 2.45) is 0 Å². The first-order valence-corrected chi connectivity index (χ1v) is 10.5. The molecule has 1 amide bonds. The van der Waals surface area contributed by atoms with Gasteiger partial charge in [-0.15, -0.1) is 0 Å². The topological polar surface area (TPSA) is 66.8 Å². The first-order chi connectivity index (χ1) is 14.9.